The van der Waals surface area contributed by atoms with E-state index < -0.39 is 0 Å². The third kappa shape index (κ3) is 1.53. The van der Waals surface area contributed by atoms with Crippen LogP contribution < -0.4 is 5.73 Å². The van der Waals surface area contributed by atoms with Crippen LogP contribution in [0.3, 0.4) is 0 Å². The van der Waals surface area contributed by atoms with E-state index in [0.29, 0.717) is 12.2 Å². The molecule has 0 saturated carbocycles. The largest absolute Gasteiger partial charge is 0.357 e. The summed E-state index contributed by atoms with van der Waals surface area (Å²) in [6.07, 6.45) is 3.86. The quantitative estimate of drug-likeness (QED) is 0.721. The fourth-order valence-corrected chi connectivity index (χ4v) is 1.97. The van der Waals surface area contributed by atoms with Gasteiger partial charge in [0.1, 0.15) is 5.69 Å². The molecule has 4 nitrogen and oxygen atoms in total. The average Bonchev–Trinajstić information content (AvgIpc) is 2.87. The molecule has 4 heteroatoms. The maximum Gasteiger partial charge on any atom is 0.270 e. The van der Waals surface area contributed by atoms with Gasteiger partial charge in [0, 0.05) is 25.3 Å². The van der Waals surface area contributed by atoms with E-state index in [9.17, 15) is 4.79 Å². The molecule has 1 aliphatic heterocycles. The van der Waals surface area contributed by atoms with Gasteiger partial charge in [0.25, 0.3) is 5.91 Å². The summed E-state index contributed by atoms with van der Waals surface area (Å²) in [5.74, 6) is 0.0722. The summed E-state index contributed by atoms with van der Waals surface area (Å²) in [5.41, 5.74) is 6.27. The van der Waals surface area contributed by atoms with Crippen molar-refractivity contribution in [1.82, 2.24) is 9.88 Å². The maximum atomic E-state index is 11.9. The van der Waals surface area contributed by atoms with Gasteiger partial charge in [0.15, 0.2) is 0 Å². The number of nitrogens with one attached hydrogen (secondary N) is 1. The molecule has 0 aliphatic carbocycles. The van der Waals surface area contributed by atoms with Crippen LogP contribution in [0.4, 0.5) is 0 Å². The van der Waals surface area contributed by atoms with Crippen LogP contribution in [-0.4, -0.2) is 34.9 Å². The van der Waals surface area contributed by atoms with Crippen LogP contribution in [0, 0.1) is 0 Å². The summed E-state index contributed by atoms with van der Waals surface area (Å²) in [7, 11) is 0. The highest BCUT2D eigenvalue weighted by atomic mass is 16.2. The lowest BCUT2D eigenvalue weighted by atomic mass is 10.2. The minimum Gasteiger partial charge on any atom is -0.357 e. The van der Waals surface area contributed by atoms with E-state index in [1.165, 1.54) is 0 Å². The molecule has 2 rings (SSSR count). The molecule has 1 aliphatic rings. The Morgan fingerprint density at radius 1 is 1.71 bits per heavy atom. The van der Waals surface area contributed by atoms with Gasteiger partial charge >= 0.3 is 0 Å². The second kappa shape index (κ2) is 3.84. The summed E-state index contributed by atoms with van der Waals surface area (Å²) in [6, 6.07) is 3.86. The first-order chi connectivity index (χ1) is 6.83. The number of likely N-dealkylation sites (tertiary alicyclic amines) is 1. The van der Waals surface area contributed by atoms with Crippen LogP contribution in [0.1, 0.15) is 23.3 Å². The van der Waals surface area contributed by atoms with Crippen molar-refractivity contribution < 1.29 is 4.79 Å². The van der Waals surface area contributed by atoms with Crippen LogP contribution in [-0.2, 0) is 0 Å². The number of nitrogens with two attached hydrogens (primary N) is 1. The van der Waals surface area contributed by atoms with Crippen LogP contribution in [0.15, 0.2) is 18.3 Å². The van der Waals surface area contributed by atoms with Gasteiger partial charge in [-0.2, -0.15) is 0 Å². The van der Waals surface area contributed by atoms with Gasteiger partial charge in [-0.05, 0) is 25.0 Å². The van der Waals surface area contributed by atoms with Crippen molar-refractivity contribution in [3.05, 3.63) is 24.0 Å². The van der Waals surface area contributed by atoms with Crippen LogP contribution in [0.2, 0.25) is 0 Å². The van der Waals surface area contributed by atoms with Gasteiger partial charge in [-0.15, -0.1) is 0 Å². The highest BCUT2D eigenvalue weighted by Gasteiger charge is 2.28. The molecule has 3 N–H and O–H groups in total. The number of nitrogens with zero attached hydrogens (tertiary/aromatic N) is 1. The molecule has 14 heavy (non-hydrogen) atoms. The molecule has 0 bridgehead atoms. The molecule has 1 aromatic heterocycles. The average molecular weight is 193 g/mol. The van der Waals surface area contributed by atoms with E-state index in [-0.39, 0.29) is 11.9 Å². The highest BCUT2D eigenvalue weighted by molar-refractivity contribution is 5.92. The van der Waals surface area contributed by atoms with Gasteiger partial charge in [-0.1, -0.05) is 0 Å². The number of hydrogen-bond donors (Lipinski definition) is 2. The lowest BCUT2D eigenvalue weighted by Crippen LogP contribution is -2.40. The number of carbonyl (C=O) groups excluding carboxylic acids is 1. The van der Waals surface area contributed by atoms with Crippen LogP contribution in [0.5, 0.6) is 0 Å². The van der Waals surface area contributed by atoms with E-state index in [0.717, 1.165) is 19.4 Å². The first-order valence-electron chi connectivity index (χ1n) is 4.97. The molecule has 0 radical (unpaired) electrons. The Bertz CT molecular complexity index is 307. The molecule has 1 saturated heterocycles. The van der Waals surface area contributed by atoms with Crippen molar-refractivity contribution in [2.24, 2.45) is 5.73 Å². The summed E-state index contributed by atoms with van der Waals surface area (Å²) in [4.78, 5) is 16.7. The zero-order valence-corrected chi connectivity index (χ0v) is 8.07. The Morgan fingerprint density at radius 3 is 3.21 bits per heavy atom. The topological polar surface area (TPSA) is 62.1 Å². The number of hydrogen-bond acceptors (Lipinski definition) is 2. The third-order valence-corrected chi connectivity index (χ3v) is 2.74. The van der Waals surface area contributed by atoms with E-state index in [2.05, 4.69) is 4.98 Å². The number of amides is 1. The lowest BCUT2D eigenvalue weighted by Gasteiger charge is -2.22. The number of carbonyl (C=O) groups is 1. The summed E-state index contributed by atoms with van der Waals surface area (Å²) in [6.45, 7) is 1.40. The summed E-state index contributed by atoms with van der Waals surface area (Å²) in [5, 5.41) is 0. The van der Waals surface area contributed by atoms with Gasteiger partial charge in [0.05, 0.1) is 0 Å². The maximum absolute atomic E-state index is 11.9. The van der Waals surface area contributed by atoms with E-state index >= 15 is 0 Å². The fourth-order valence-electron chi connectivity index (χ4n) is 1.97. The molecule has 2 heterocycles. The summed E-state index contributed by atoms with van der Waals surface area (Å²) >= 11 is 0. The van der Waals surface area contributed by atoms with Crippen molar-refractivity contribution in [3.8, 4) is 0 Å². The molecular formula is C10H15N3O. The van der Waals surface area contributed by atoms with Crippen molar-refractivity contribution in [2.75, 3.05) is 13.1 Å². The van der Waals surface area contributed by atoms with E-state index in [1.807, 2.05) is 11.0 Å². The minimum absolute atomic E-state index is 0.0722. The molecule has 1 atom stereocenters. The molecule has 1 aromatic rings. The Kier molecular flexibility index (Phi) is 2.54. The fraction of sp³-hybridized carbons (Fsp3) is 0.500. The Hall–Kier alpha value is -1.29. The molecule has 1 amide bonds. The highest BCUT2D eigenvalue weighted by Crippen LogP contribution is 2.18. The zero-order chi connectivity index (χ0) is 9.97. The lowest BCUT2D eigenvalue weighted by molar-refractivity contribution is 0.0736. The van der Waals surface area contributed by atoms with E-state index in [1.54, 1.807) is 12.3 Å². The molecule has 0 aromatic carbocycles. The van der Waals surface area contributed by atoms with Crippen molar-refractivity contribution >= 4 is 5.91 Å². The van der Waals surface area contributed by atoms with E-state index in [4.69, 9.17) is 5.73 Å². The van der Waals surface area contributed by atoms with Crippen molar-refractivity contribution in [3.63, 3.8) is 0 Å². The SMILES string of the molecule is NC[C@@H]1CCCN1C(=O)c1ccc[nH]1. The summed E-state index contributed by atoms with van der Waals surface area (Å²) < 4.78 is 0. The standard InChI is InChI=1S/C10H15N3O/c11-7-8-3-2-6-13(8)10(14)9-4-1-5-12-9/h1,4-5,8,12H,2-3,6-7,11H2/t8-/m0/s1. The number of rotatable bonds is 2. The molecular weight excluding hydrogens is 178 g/mol. The molecule has 0 spiro atoms. The number of aromatic nitrogens is 1. The second-order valence-corrected chi connectivity index (χ2v) is 3.61. The van der Waals surface area contributed by atoms with Gasteiger partial charge in [-0.3, -0.25) is 4.79 Å². The molecule has 1 fully saturated rings. The second-order valence-electron chi connectivity index (χ2n) is 3.61. The minimum atomic E-state index is 0.0722. The Morgan fingerprint density at radius 2 is 2.57 bits per heavy atom. The third-order valence-electron chi connectivity index (χ3n) is 2.74. The first-order valence-corrected chi connectivity index (χ1v) is 4.97. The first kappa shape index (κ1) is 9.27. The van der Waals surface area contributed by atoms with Gasteiger partial charge in [0.2, 0.25) is 0 Å². The predicted octanol–water partition coefficient (Wildman–Crippen LogP) is 0.578. The normalized spacial score (nSPS) is 21.5. The van der Waals surface area contributed by atoms with Crippen molar-refractivity contribution in [2.45, 2.75) is 18.9 Å². The smallest absolute Gasteiger partial charge is 0.270 e. The molecule has 76 valence electrons. The Labute approximate surface area is 83.1 Å². The predicted molar refractivity (Wildman–Crippen MR) is 53.9 cm³/mol. The van der Waals surface area contributed by atoms with Crippen molar-refractivity contribution in [1.29, 1.82) is 0 Å². The monoisotopic (exact) mass is 193 g/mol. The van der Waals surface area contributed by atoms with Crippen LogP contribution in [0.25, 0.3) is 0 Å². The van der Waals surface area contributed by atoms with Gasteiger partial charge < -0.3 is 15.6 Å². The zero-order valence-electron chi connectivity index (χ0n) is 8.07. The number of H-pyrrole nitrogens is 1. The number of aromatic amines is 1. The van der Waals surface area contributed by atoms with Gasteiger partial charge in [-0.25, -0.2) is 0 Å². The molecule has 0 unspecified atom stereocenters. The Balaban J connectivity index is 2.11. The van der Waals surface area contributed by atoms with Crippen LogP contribution >= 0.6 is 0 Å².